The Bertz CT molecular complexity index is 1390. The number of halogens is 3. The zero-order valence-electron chi connectivity index (χ0n) is 19.7. The van der Waals surface area contributed by atoms with Crippen molar-refractivity contribution in [3.8, 4) is 17.2 Å². The van der Waals surface area contributed by atoms with Crippen molar-refractivity contribution in [3.05, 3.63) is 77.0 Å². The number of rotatable bonds is 7. The molecule has 2 aromatic carbocycles. The number of ether oxygens (including phenoxy) is 2. The number of aryl methyl sites for hydroxylation is 1. The monoisotopic (exact) mass is 508 g/mol. The van der Waals surface area contributed by atoms with Crippen molar-refractivity contribution in [2.24, 2.45) is 5.92 Å². The average Bonchev–Trinajstić information content (AvgIpc) is 3.38. The van der Waals surface area contributed by atoms with Gasteiger partial charge in [0.2, 0.25) is 5.91 Å². The lowest BCUT2D eigenvalue weighted by Crippen LogP contribution is -2.20. The van der Waals surface area contributed by atoms with Gasteiger partial charge in [-0.25, -0.2) is 4.98 Å². The smallest absolute Gasteiger partial charge is 0.416 e. The first-order valence-corrected chi connectivity index (χ1v) is 12.2. The maximum absolute atomic E-state index is 12.7. The summed E-state index contributed by atoms with van der Waals surface area (Å²) in [5.74, 6) is 2.83. The van der Waals surface area contributed by atoms with Gasteiger partial charge in [-0.1, -0.05) is 12.1 Å². The van der Waals surface area contributed by atoms with Gasteiger partial charge in [-0.3, -0.25) is 9.59 Å². The second-order valence-electron chi connectivity index (χ2n) is 9.70. The lowest BCUT2D eigenvalue weighted by Gasteiger charge is -2.19. The number of amides is 1. The van der Waals surface area contributed by atoms with Gasteiger partial charge in [0.25, 0.3) is 0 Å². The molecular formula is C28H23F3N2O4. The van der Waals surface area contributed by atoms with Crippen LogP contribution in [0.2, 0.25) is 0 Å². The summed E-state index contributed by atoms with van der Waals surface area (Å²) in [4.78, 5) is 28.5. The highest BCUT2D eigenvalue weighted by molar-refractivity contribution is 5.93. The third kappa shape index (κ3) is 4.65. The molecule has 0 bridgehead atoms. The highest BCUT2D eigenvalue weighted by Gasteiger charge is 2.59. The van der Waals surface area contributed by atoms with Gasteiger partial charge in [0, 0.05) is 48.4 Å². The van der Waals surface area contributed by atoms with E-state index in [0.717, 1.165) is 29.0 Å². The molecular weight excluding hydrogens is 485 g/mol. The standard InChI is InChI=1S/C28H23F3N2O4/c29-28(30,31)16-4-1-15(2-5-16)3-6-17(34)13-21-25-20-14-18(7-9-22(20)37-26(21)25)36-23-11-12-32-27-19(23)8-10-24(35)33-27/h1-2,4-5,7,9,11-12,14,21,25-26H,3,6,8,10,13H2,(H,32,33,35)/t21-,25-,26+/m0/s1. The fourth-order valence-electron chi connectivity index (χ4n) is 5.25. The van der Waals surface area contributed by atoms with Crippen LogP contribution < -0.4 is 14.8 Å². The van der Waals surface area contributed by atoms with Gasteiger partial charge in [-0.15, -0.1) is 0 Å². The van der Waals surface area contributed by atoms with E-state index in [1.165, 1.54) is 12.1 Å². The Morgan fingerprint density at radius 2 is 1.92 bits per heavy atom. The topological polar surface area (TPSA) is 77.5 Å². The van der Waals surface area contributed by atoms with E-state index >= 15 is 0 Å². The number of benzene rings is 2. The zero-order valence-corrected chi connectivity index (χ0v) is 19.7. The quantitative estimate of drug-likeness (QED) is 0.434. The molecule has 0 saturated heterocycles. The van der Waals surface area contributed by atoms with Gasteiger partial charge < -0.3 is 14.8 Å². The van der Waals surface area contributed by atoms with E-state index in [1.807, 2.05) is 18.2 Å². The van der Waals surface area contributed by atoms with Crippen LogP contribution in [0.3, 0.4) is 0 Å². The third-order valence-electron chi connectivity index (χ3n) is 7.24. The Balaban J connectivity index is 1.07. The Labute approximate surface area is 210 Å². The Hall–Kier alpha value is -3.88. The summed E-state index contributed by atoms with van der Waals surface area (Å²) in [6, 6.07) is 12.4. The van der Waals surface area contributed by atoms with Crippen molar-refractivity contribution >= 4 is 17.5 Å². The number of nitrogens with one attached hydrogen (secondary N) is 1. The average molecular weight is 508 g/mol. The molecule has 6 nitrogen and oxygen atoms in total. The minimum atomic E-state index is -4.37. The number of pyridine rings is 1. The molecule has 3 atom stereocenters. The van der Waals surface area contributed by atoms with Crippen LogP contribution >= 0.6 is 0 Å². The number of alkyl halides is 3. The van der Waals surface area contributed by atoms with Gasteiger partial charge in [0.15, 0.2) is 0 Å². The summed E-state index contributed by atoms with van der Waals surface area (Å²) in [5, 5.41) is 2.77. The second-order valence-corrected chi connectivity index (χ2v) is 9.70. The fraction of sp³-hybridized carbons (Fsp3) is 0.321. The van der Waals surface area contributed by atoms with Crippen molar-refractivity contribution in [1.29, 1.82) is 0 Å². The maximum Gasteiger partial charge on any atom is 0.416 e. The van der Waals surface area contributed by atoms with E-state index in [0.29, 0.717) is 48.6 Å². The Kier molecular flexibility index (Phi) is 5.66. The normalized spacial score (nSPS) is 21.3. The first-order chi connectivity index (χ1) is 17.8. The molecule has 1 fully saturated rings. The fourth-order valence-corrected chi connectivity index (χ4v) is 5.25. The van der Waals surface area contributed by atoms with E-state index in [4.69, 9.17) is 9.47 Å². The molecule has 6 rings (SSSR count). The predicted octanol–water partition coefficient (Wildman–Crippen LogP) is 5.84. The van der Waals surface area contributed by atoms with E-state index in [2.05, 4.69) is 10.3 Å². The number of aromatic nitrogens is 1. The van der Waals surface area contributed by atoms with Crippen LogP contribution in [0.15, 0.2) is 54.7 Å². The summed E-state index contributed by atoms with van der Waals surface area (Å²) < 4.78 is 50.4. The molecule has 1 aliphatic carbocycles. The van der Waals surface area contributed by atoms with Crippen LogP contribution in [0.4, 0.5) is 19.0 Å². The van der Waals surface area contributed by atoms with E-state index < -0.39 is 11.7 Å². The molecule has 190 valence electrons. The molecule has 1 N–H and O–H groups in total. The van der Waals surface area contributed by atoms with Gasteiger partial charge in [-0.05, 0) is 54.8 Å². The summed E-state index contributed by atoms with van der Waals surface area (Å²) in [6.45, 7) is 0. The summed E-state index contributed by atoms with van der Waals surface area (Å²) in [5.41, 5.74) is 1.89. The molecule has 0 spiro atoms. The minimum Gasteiger partial charge on any atom is -0.489 e. The molecule has 1 saturated carbocycles. The van der Waals surface area contributed by atoms with Crippen LogP contribution in [0.1, 0.15) is 47.4 Å². The van der Waals surface area contributed by atoms with E-state index in [1.54, 1.807) is 12.3 Å². The van der Waals surface area contributed by atoms with Gasteiger partial charge in [0.1, 0.15) is 35.0 Å². The van der Waals surface area contributed by atoms with Crippen molar-refractivity contribution in [2.45, 2.75) is 50.3 Å². The molecule has 1 amide bonds. The molecule has 2 aliphatic heterocycles. The predicted molar refractivity (Wildman–Crippen MR) is 128 cm³/mol. The van der Waals surface area contributed by atoms with Crippen molar-refractivity contribution < 1.29 is 32.2 Å². The highest BCUT2D eigenvalue weighted by Crippen LogP contribution is 2.60. The number of nitrogens with zero attached hydrogens (tertiary/aromatic N) is 1. The van der Waals surface area contributed by atoms with Gasteiger partial charge >= 0.3 is 6.18 Å². The zero-order chi connectivity index (χ0) is 25.7. The highest BCUT2D eigenvalue weighted by atomic mass is 19.4. The number of anilines is 1. The largest absolute Gasteiger partial charge is 0.489 e. The molecule has 1 aromatic heterocycles. The van der Waals surface area contributed by atoms with Crippen LogP contribution in [0.5, 0.6) is 17.2 Å². The lowest BCUT2D eigenvalue weighted by atomic mass is 10.0. The number of hydrogen-bond donors (Lipinski definition) is 1. The minimum absolute atomic E-state index is 0.0378. The molecule has 3 heterocycles. The second kappa shape index (κ2) is 8.90. The molecule has 3 aliphatic rings. The number of carbonyl (C=O) groups excluding carboxylic acids is 2. The summed E-state index contributed by atoms with van der Waals surface area (Å²) >= 11 is 0. The lowest BCUT2D eigenvalue weighted by molar-refractivity contribution is -0.137. The summed E-state index contributed by atoms with van der Waals surface area (Å²) in [7, 11) is 0. The number of Topliss-reactive ketones (excluding diaryl/α,β-unsaturated/α-hetero) is 1. The third-order valence-corrected chi connectivity index (χ3v) is 7.24. The van der Waals surface area contributed by atoms with E-state index in [-0.39, 0.29) is 36.1 Å². The van der Waals surface area contributed by atoms with Crippen LogP contribution in [-0.4, -0.2) is 22.8 Å². The van der Waals surface area contributed by atoms with Crippen molar-refractivity contribution in [3.63, 3.8) is 0 Å². The molecule has 9 heteroatoms. The van der Waals surface area contributed by atoms with Crippen LogP contribution in [0.25, 0.3) is 0 Å². The van der Waals surface area contributed by atoms with Crippen LogP contribution in [0, 0.1) is 5.92 Å². The number of fused-ring (bicyclic) bond motifs is 4. The van der Waals surface area contributed by atoms with Gasteiger partial charge in [-0.2, -0.15) is 13.2 Å². The maximum atomic E-state index is 12.7. The Morgan fingerprint density at radius 1 is 1.11 bits per heavy atom. The first-order valence-electron chi connectivity index (χ1n) is 12.2. The number of hydrogen-bond acceptors (Lipinski definition) is 5. The SMILES string of the molecule is O=C(CCc1ccc(C(F)(F)F)cc1)C[C@@H]1[C@H]2Oc3ccc(Oc4ccnc5c4CCC(=O)N5)cc3[C@@H]12. The molecule has 0 unspecified atom stereocenters. The van der Waals surface area contributed by atoms with E-state index in [9.17, 15) is 22.8 Å². The van der Waals surface area contributed by atoms with Crippen molar-refractivity contribution in [2.75, 3.05) is 5.32 Å². The first kappa shape index (κ1) is 23.5. The number of carbonyl (C=O) groups is 2. The van der Waals surface area contributed by atoms with Gasteiger partial charge in [0.05, 0.1) is 5.56 Å². The number of ketones is 1. The summed E-state index contributed by atoms with van der Waals surface area (Å²) in [6.07, 6.45) is -0.812. The molecule has 0 radical (unpaired) electrons. The molecule has 3 aromatic rings. The van der Waals surface area contributed by atoms with Crippen molar-refractivity contribution in [1.82, 2.24) is 4.98 Å². The van der Waals surface area contributed by atoms with Crippen LogP contribution in [-0.2, 0) is 28.6 Å². The molecule has 37 heavy (non-hydrogen) atoms. The Morgan fingerprint density at radius 3 is 2.70 bits per heavy atom.